The molecule has 0 saturated heterocycles. The van der Waals surface area contributed by atoms with Crippen molar-refractivity contribution in [3.63, 3.8) is 0 Å². The van der Waals surface area contributed by atoms with Crippen molar-refractivity contribution in [2.24, 2.45) is 29.6 Å². The van der Waals surface area contributed by atoms with E-state index in [4.69, 9.17) is 4.74 Å². The minimum Gasteiger partial charge on any atom is -0.375 e. The Kier molecular flexibility index (Phi) is 9.01. The maximum Gasteiger partial charge on any atom is 0.0581 e. The van der Waals surface area contributed by atoms with E-state index in [9.17, 15) is 0 Å². The summed E-state index contributed by atoms with van der Waals surface area (Å²) in [6.07, 6.45) is 24.3. The van der Waals surface area contributed by atoms with Gasteiger partial charge in [-0.05, 0) is 87.9 Å². The van der Waals surface area contributed by atoms with Gasteiger partial charge in [-0.1, -0.05) is 65.2 Å². The normalized spacial score (nSPS) is 37.4. The first kappa shape index (κ1) is 21.7. The van der Waals surface area contributed by atoms with Gasteiger partial charge in [0.05, 0.1) is 12.2 Å². The molecule has 0 N–H and O–H groups in total. The molecule has 0 aromatic rings. The first-order chi connectivity index (χ1) is 13.2. The van der Waals surface area contributed by atoms with Gasteiger partial charge in [0, 0.05) is 0 Å². The minimum absolute atomic E-state index is 0.473. The van der Waals surface area contributed by atoms with Crippen LogP contribution in [-0.4, -0.2) is 12.2 Å². The molecule has 0 spiro atoms. The summed E-state index contributed by atoms with van der Waals surface area (Å²) < 4.78 is 6.41. The molecule has 0 radical (unpaired) electrons. The molecular formula is C26H48O. The Bertz CT molecular complexity index is 405. The molecule has 0 heterocycles. The summed E-state index contributed by atoms with van der Waals surface area (Å²) in [6, 6.07) is 0. The highest BCUT2D eigenvalue weighted by Gasteiger charge is 2.44. The van der Waals surface area contributed by atoms with Crippen molar-refractivity contribution in [1.29, 1.82) is 0 Å². The fourth-order valence-electron chi connectivity index (χ4n) is 7.07. The zero-order valence-corrected chi connectivity index (χ0v) is 18.8. The summed E-state index contributed by atoms with van der Waals surface area (Å²) in [4.78, 5) is 0. The highest BCUT2D eigenvalue weighted by Crippen LogP contribution is 2.53. The molecule has 3 fully saturated rings. The predicted octanol–water partition coefficient (Wildman–Crippen LogP) is 8.16. The summed E-state index contributed by atoms with van der Waals surface area (Å²) in [5.41, 5.74) is 0. The third kappa shape index (κ3) is 6.22. The van der Waals surface area contributed by atoms with E-state index in [1.807, 2.05) is 0 Å². The van der Waals surface area contributed by atoms with Crippen LogP contribution < -0.4 is 0 Å². The molecule has 0 amide bonds. The first-order valence-corrected chi connectivity index (χ1v) is 12.9. The van der Waals surface area contributed by atoms with Gasteiger partial charge < -0.3 is 4.74 Å². The quantitative estimate of drug-likeness (QED) is 0.349. The van der Waals surface area contributed by atoms with E-state index in [2.05, 4.69) is 20.8 Å². The number of fused-ring (bicyclic) bond motifs is 3. The SMILES string of the molecule is CCCCCCCC1CCC2C(CCC3CC(OC(C)CCC)CCC32)C1. The number of unbranched alkanes of at least 4 members (excludes halogenated alkanes) is 4. The summed E-state index contributed by atoms with van der Waals surface area (Å²) in [5, 5.41) is 0. The first-order valence-electron chi connectivity index (χ1n) is 12.9. The van der Waals surface area contributed by atoms with Gasteiger partial charge in [-0.25, -0.2) is 0 Å². The molecule has 1 heteroatoms. The van der Waals surface area contributed by atoms with Crippen LogP contribution in [0.5, 0.6) is 0 Å². The van der Waals surface area contributed by atoms with E-state index >= 15 is 0 Å². The van der Waals surface area contributed by atoms with Gasteiger partial charge in [0.25, 0.3) is 0 Å². The van der Waals surface area contributed by atoms with Gasteiger partial charge >= 0.3 is 0 Å². The predicted molar refractivity (Wildman–Crippen MR) is 117 cm³/mol. The molecule has 0 aliphatic heterocycles. The number of hydrogen-bond donors (Lipinski definition) is 0. The summed E-state index contributed by atoms with van der Waals surface area (Å²) in [5.74, 6) is 5.27. The zero-order chi connectivity index (χ0) is 19.1. The van der Waals surface area contributed by atoms with Crippen LogP contribution in [0.15, 0.2) is 0 Å². The van der Waals surface area contributed by atoms with Gasteiger partial charge in [0.1, 0.15) is 0 Å². The van der Waals surface area contributed by atoms with E-state index in [1.54, 1.807) is 19.3 Å². The van der Waals surface area contributed by atoms with E-state index in [1.165, 1.54) is 83.5 Å². The average Bonchev–Trinajstić information content (AvgIpc) is 2.67. The Hall–Kier alpha value is -0.0400. The topological polar surface area (TPSA) is 9.23 Å². The van der Waals surface area contributed by atoms with Crippen molar-refractivity contribution in [3.05, 3.63) is 0 Å². The molecule has 3 saturated carbocycles. The summed E-state index contributed by atoms with van der Waals surface area (Å²) in [7, 11) is 0. The van der Waals surface area contributed by atoms with Gasteiger partial charge in [0.15, 0.2) is 0 Å². The molecule has 0 bridgehead atoms. The van der Waals surface area contributed by atoms with Crippen LogP contribution in [0.3, 0.4) is 0 Å². The lowest BCUT2D eigenvalue weighted by Gasteiger charge is -2.51. The van der Waals surface area contributed by atoms with Gasteiger partial charge in [-0.3, -0.25) is 0 Å². The van der Waals surface area contributed by atoms with Crippen LogP contribution in [-0.2, 0) is 4.74 Å². The van der Waals surface area contributed by atoms with Gasteiger partial charge in [-0.15, -0.1) is 0 Å². The summed E-state index contributed by atoms with van der Waals surface area (Å²) >= 11 is 0. The minimum atomic E-state index is 0.473. The van der Waals surface area contributed by atoms with Crippen molar-refractivity contribution < 1.29 is 4.74 Å². The molecule has 7 unspecified atom stereocenters. The largest absolute Gasteiger partial charge is 0.375 e. The van der Waals surface area contributed by atoms with Crippen molar-refractivity contribution >= 4 is 0 Å². The van der Waals surface area contributed by atoms with Crippen molar-refractivity contribution in [1.82, 2.24) is 0 Å². The number of ether oxygens (including phenoxy) is 1. The Balaban J connectivity index is 1.40. The number of rotatable bonds is 10. The lowest BCUT2D eigenvalue weighted by Crippen LogP contribution is -2.43. The smallest absolute Gasteiger partial charge is 0.0581 e. The molecular weight excluding hydrogens is 328 g/mol. The fourth-order valence-corrected chi connectivity index (χ4v) is 7.07. The maximum absolute atomic E-state index is 6.41. The Labute approximate surface area is 170 Å². The second kappa shape index (κ2) is 11.2. The number of hydrogen-bond acceptors (Lipinski definition) is 1. The molecule has 3 rings (SSSR count). The molecule has 3 aliphatic carbocycles. The summed E-state index contributed by atoms with van der Waals surface area (Å²) in [6.45, 7) is 6.89. The van der Waals surface area contributed by atoms with Crippen molar-refractivity contribution in [2.45, 2.75) is 136 Å². The molecule has 3 aliphatic rings. The highest BCUT2D eigenvalue weighted by atomic mass is 16.5. The maximum atomic E-state index is 6.41. The molecule has 0 aromatic heterocycles. The molecule has 7 atom stereocenters. The van der Waals surface area contributed by atoms with Crippen LogP contribution in [0, 0.1) is 29.6 Å². The average molecular weight is 377 g/mol. The van der Waals surface area contributed by atoms with E-state index in [-0.39, 0.29) is 0 Å². The Morgan fingerprint density at radius 2 is 1.44 bits per heavy atom. The molecule has 1 nitrogen and oxygen atoms in total. The van der Waals surface area contributed by atoms with Crippen molar-refractivity contribution in [2.75, 3.05) is 0 Å². The molecule has 27 heavy (non-hydrogen) atoms. The third-order valence-corrected chi connectivity index (χ3v) is 8.44. The highest BCUT2D eigenvalue weighted by molar-refractivity contribution is 4.94. The van der Waals surface area contributed by atoms with Crippen LogP contribution >= 0.6 is 0 Å². The Morgan fingerprint density at radius 1 is 0.741 bits per heavy atom. The van der Waals surface area contributed by atoms with E-state index in [0.717, 1.165) is 29.6 Å². The third-order valence-electron chi connectivity index (χ3n) is 8.44. The van der Waals surface area contributed by atoms with Gasteiger partial charge in [-0.2, -0.15) is 0 Å². The van der Waals surface area contributed by atoms with Crippen LogP contribution in [0.1, 0.15) is 124 Å². The lowest BCUT2D eigenvalue weighted by molar-refractivity contribution is -0.0771. The molecule has 0 aromatic carbocycles. The van der Waals surface area contributed by atoms with E-state index in [0.29, 0.717) is 12.2 Å². The monoisotopic (exact) mass is 376 g/mol. The second-order valence-electron chi connectivity index (χ2n) is 10.5. The zero-order valence-electron chi connectivity index (χ0n) is 18.8. The van der Waals surface area contributed by atoms with Crippen LogP contribution in [0.25, 0.3) is 0 Å². The Morgan fingerprint density at radius 3 is 2.19 bits per heavy atom. The molecule has 158 valence electrons. The lowest BCUT2D eigenvalue weighted by atomic mass is 9.56. The van der Waals surface area contributed by atoms with Crippen molar-refractivity contribution in [3.8, 4) is 0 Å². The van der Waals surface area contributed by atoms with Crippen LogP contribution in [0.4, 0.5) is 0 Å². The van der Waals surface area contributed by atoms with Crippen LogP contribution in [0.2, 0.25) is 0 Å². The second-order valence-corrected chi connectivity index (χ2v) is 10.5. The standard InChI is InChI=1S/C26H48O/c1-4-6-7-8-9-11-21-12-16-25-22(18-21)13-14-23-19-24(15-17-26(23)25)27-20(3)10-5-2/h20-26H,4-19H2,1-3H3. The van der Waals surface area contributed by atoms with E-state index < -0.39 is 0 Å². The van der Waals surface area contributed by atoms with Gasteiger partial charge in [0.2, 0.25) is 0 Å². The fraction of sp³-hybridized carbons (Fsp3) is 1.00.